The third kappa shape index (κ3) is 4.54. The summed E-state index contributed by atoms with van der Waals surface area (Å²) in [6.07, 6.45) is 4.04. The highest BCUT2D eigenvalue weighted by Gasteiger charge is 2.18. The highest BCUT2D eigenvalue weighted by molar-refractivity contribution is 6.03. The van der Waals surface area contributed by atoms with E-state index in [4.69, 9.17) is 0 Å². The van der Waals surface area contributed by atoms with Gasteiger partial charge in [0.05, 0.1) is 6.04 Å². The molecule has 1 saturated heterocycles. The first kappa shape index (κ1) is 19.1. The summed E-state index contributed by atoms with van der Waals surface area (Å²) in [5.41, 5.74) is 1.65. The number of hydrogen-bond donors (Lipinski definition) is 2. The van der Waals surface area contributed by atoms with Gasteiger partial charge in [-0.15, -0.1) is 0 Å². The van der Waals surface area contributed by atoms with E-state index >= 15 is 0 Å². The first-order valence-corrected chi connectivity index (χ1v) is 9.59. The Bertz CT molecular complexity index is 774. The van der Waals surface area contributed by atoms with Crippen LogP contribution in [-0.4, -0.2) is 52.7 Å². The second-order valence-electron chi connectivity index (χ2n) is 6.69. The van der Waals surface area contributed by atoms with E-state index in [2.05, 4.69) is 15.7 Å². The van der Waals surface area contributed by atoms with Crippen LogP contribution in [0.3, 0.4) is 0 Å². The molecular weight excluding hydrogens is 342 g/mol. The molecule has 1 unspecified atom stereocenters. The van der Waals surface area contributed by atoms with Crippen LogP contribution in [0, 0.1) is 0 Å². The summed E-state index contributed by atoms with van der Waals surface area (Å²) in [6.45, 7) is 7.18. The third-order valence-electron chi connectivity index (χ3n) is 4.93. The van der Waals surface area contributed by atoms with E-state index in [1.165, 1.54) is 0 Å². The Morgan fingerprint density at radius 3 is 2.59 bits per heavy atom. The quantitative estimate of drug-likeness (QED) is 0.820. The van der Waals surface area contributed by atoms with Gasteiger partial charge >= 0.3 is 0 Å². The molecule has 0 aliphatic carbocycles. The van der Waals surface area contributed by atoms with Crippen molar-refractivity contribution >= 4 is 17.5 Å². The molecule has 2 aromatic rings. The summed E-state index contributed by atoms with van der Waals surface area (Å²) in [5.74, 6) is -0.252. The number of hydrogen-bond acceptors (Lipinski definition) is 4. The monoisotopic (exact) mass is 369 g/mol. The summed E-state index contributed by atoms with van der Waals surface area (Å²) in [6, 6.07) is 9.01. The zero-order valence-electron chi connectivity index (χ0n) is 15.9. The highest BCUT2D eigenvalue weighted by atomic mass is 16.2. The molecule has 1 fully saturated rings. The molecule has 0 radical (unpaired) electrons. The molecule has 1 aromatic carbocycles. The fraction of sp³-hybridized carbons (Fsp3) is 0.450. The molecule has 1 aliphatic heterocycles. The number of rotatable bonds is 6. The van der Waals surface area contributed by atoms with Crippen LogP contribution in [0.1, 0.15) is 53.6 Å². The Labute approximate surface area is 159 Å². The summed E-state index contributed by atoms with van der Waals surface area (Å²) >= 11 is 0. The van der Waals surface area contributed by atoms with Gasteiger partial charge < -0.3 is 15.5 Å². The van der Waals surface area contributed by atoms with Gasteiger partial charge in [0.2, 0.25) is 0 Å². The fourth-order valence-corrected chi connectivity index (χ4v) is 3.31. The molecule has 1 aromatic heterocycles. The van der Waals surface area contributed by atoms with Crippen molar-refractivity contribution in [2.45, 2.75) is 32.7 Å². The lowest BCUT2D eigenvalue weighted by atomic mass is 10.1. The average molecular weight is 369 g/mol. The van der Waals surface area contributed by atoms with Gasteiger partial charge in [0.15, 0.2) is 5.69 Å². The van der Waals surface area contributed by atoms with Crippen LogP contribution in [0.15, 0.2) is 36.5 Å². The van der Waals surface area contributed by atoms with E-state index in [9.17, 15) is 9.59 Å². The normalized spacial score (nSPS) is 16.7. The second kappa shape index (κ2) is 8.81. The fourth-order valence-electron chi connectivity index (χ4n) is 3.31. The van der Waals surface area contributed by atoms with Crippen molar-refractivity contribution in [3.8, 4) is 0 Å². The lowest BCUT2D eigenvalue weighted by Gasteiger charge is -2.22. The maximum absolute atomic E-state index is 12.5. The average Bonchev–Trinajstić information content (AvgIpc) is 3.20. The number of nitrogens with zero attached hydrogens (tertiary/aromatic N) is 3. The van der Waals surface area contributed by atoms with Crippen LogP contribution in [0.25, 0.3) is 0 Å². The van der Waals surface area contributed by atoms with E-state index < -0.39 is 0 Å². The van der Waals surface area contributed by atoms with Crippen molar-refractivity contribution in [2.75, 3.05) is 31.5 Å². The van der Waals surface area contributed by atoms with Crippen LogP contribution >= 0.6 is 0 Å². The SMILES string of the molecule is CCN(CC)C(=O)c1ccc(NC(=O)c2ccn(C3CCCNC3)n2)cc1. The van der Waals surface area contributed by atoms with Crippen molar-refractivity contribution in [3.63, 3.8) is 0 Å². The molecule has 0 spiro atoms. The molecule has 0 bridgehead atoms. The topological polar surface area (TPSA) is 79.3 Å². The Hall–Kier alpha value is -2.67. The predicted octanol–water partition coefficient (Wildman–Crippen LogP) is 2.54. The predicted molar refractivity (Wildman–Crippen MR) is 105 cm³/mol. The van der Waals surface area contributed by atoms with Gasteiger partial charge in [0, 0.05) is 37.1 Å². The maximum Gasteiger partial charge on any atom is 0.276 e. The van der Waals surface area contributed by atoms with Crippen molar-refractivity contribution in [3.05, 3.63) is 47.8 Å². The van der Waals surface area contributed by atoms with Crippen molar-refractivity contribution in [2.24, 2.45) is 0 Å². The molecule has 144 valence electrons. The summed E-state index contributed by atoms with van der Waals surface area (Å²) in [7, 11) is 0. The molecule has 2 amide bonds. The number of aromatic nitrogens is 2. The number of carbonyl (C=O) groups excluding carboxylic acids is 2. The zero-order valence-corrected chi connectivity index (χ0v) is 15.9. The van der Waals surface area contributed by atoms with Gasteiger partial charge in [-0.25, -0.2) is 0 Å². The van der Waals surface area contributed by atoms with Crippen molar-refractivity contribution < 1.29 is 9.59 Å². The van der Waals surface area contributed by atoms with Gasteiger partial charge in [-0.3, -0.25) is 14.3 Å². The number of anilines is 1. The molecule has 7 nitrogen and oxygen atoms in total. The van der Waals surface area contributed by atoms with E-state index in [1.807, 2.05) is 24.7 Å². The summed E-state index contributed by atoms with van der Waals surface area (Å²) in [4.78, 5) is 26.6. The maximum atomic E-state index is 12.5. The Balaban J connectivity index is 1.62. The van der Waals surface area contributed by atoms with Gasteiger partial charge in [0.25, 0.3) is 11.8 Å². The van der Waals surface area contributed by atoms with Crippen LogP contribution in [-0.2, 0) is 0 Å². The standard InChI is InChI=1S/C20H27N5O2/c1-3-24(4-2)20(27)15-7-9-16(10-8-15)22-19(26)18-11-13-25(23-18)17-6-5-12-21-14-17/h7-11,13,17,21H,3-6,12,14H2,1-2H3,(H,22,26). The van der Waals surface area contributed by atoms with Gasteiger partial charge in [0.1, 0.15) is 0 Å². The molecule has 0 saturated carbocycles. The Kier molecular flexibility index (Phi) is 6.24. The molecule has 27 heavy (non-hydrogen) atoms. The van der Waals surface area contributed by atoms with Crippen LogP contribution in [0.4, 0.5) is 5.69 Å². The first-order valence-electron chi connectivity index (χ1n) is 9.59. The summed E-state index contributed by atoms with van der Waals surface area (Å²) in [5, 5.41) is 10.6. The molecule has 7 heteroatoms. The number of benzene rings is 1. The largest absolute Gasteiger partial charge is 0.339 e. The van der Waals surface area contributed by atoms with Crippen LogP contribution < -0.4 is 10.6 Å². The van der Waals surface area contributed by atoms with Crippen LogP contribution in [0.5, 0.6) is 0 Å². The third-order valence-corrected chi connectivity index (χ3v) is 4.93. The summed E-state index contributed by atoms with van der Waals surface area (Å²) < 4.78 is 1.87. The minimum absolute atomic E-state index is 0.00212. The smallest absolute Gasteiger partial charge is 0.276 e. The minimum atomic E-state index is -0.250. The van der Waals surface area contributed by atoms with Gasteiger partial charge in [-0.2, -0.15) is 5.10 Å². The van der Waals surface area contributed by atoms with E-state index in [0.29, 0.717) is 36.1 Å². The first-order chi connectivity index (χ1) is 13.1. The number of carbonyl (C=O) groups is 2. The second-order valence-corrected chi connectivity index (χ2v) is 6.69. The van der Waals surface area contributed by atoms with Gasteiger partial charge in [-0.1, -0.05) is 0 Å². The van der Waals surface area contributed by atoms with Crippen molar-refractivity contribution in [1.29, 1.82) is 0 Å². The number of nitrogens with one attached hydrogen (secondary N) is 2. The van der Waals surface area contributed by atoms with E-state index in [0.717, 1.165) is 25.9 Å². The molecule has 3 rings (SSSR count). The van der Waals surface area contributed by atoms with Crippen molar-refractivity contribution in [1.82, 2.24) is 20.0 Å². The van der Waals surface area contributed by atoms with Gasteiger partial charge in [-0.05, 0) is 63.6 Å². The molecule has 1 aliphatic rings. The molecule has 1 atom stereocenters. The Morgan fingerprint density at radius 1 is 1.22 bits per heavy atom. The lowest BCUT2D eigenvalue weighted by molar-refractivity contribution is 0.0773. The molecule has 2 N–H and O–H groups in total. The molecule has 2 heterocycles. The van der Waals surface area contributed by atoms with E-state index in [1.54, 1.807) is 35.2 Å². The lowest BCUT2D eigenvalue weighted by Crippen LogP contribution is -2.32. The van der Waals surface area contributed by atoms with Crippen LogP contribution in [0.2, 0.25) is 0 Å². The molecular formula is C20H27N5O2. The highest BCUT2D eigenvalue weighted by Crippen LogP contribution is 2.17. The zero-order chi connectivity index (χ0) is 19.2. The van der Waals surface area contributed by atoms with E-state index in [-0.39, 0.29) is 11.8 Å². The minimum Gasteiger partial charge on any atom is -0.339 e. The Morgan fingerprint density at radius 2 is 1.96 bits per heavy atom. The number of piperidine rings is 1. The number of amides is 2.